The smallest absolute Gasteiger partial charge is 0.305 e. The zero-order chi connectivity index (χ0) is 19.5. The second kappa shape index (κ2) is 19.1. The number of hydrogen-bond donors (Lipinski definition) is 2. The lowest BCUT2D eigenvalue weighted by Gasteiger charge is -2.23. The molecule has 5 nitrogen and oxygen atoms in total. The number of ether oxygens (including phenoxy) is 2. The number of aliphatic hydroxyl groups excluding tert-OH is 2. The first-order chi connectivity index (χ1) is 12.7. The maximum Gasteiger partial charge on any atom is 0.305 e. The van der Waals surface area contributed by atoms with Crippen molar-refractivity contribution in [3.05, 3.63) is 0 Å². The van der Waals surface area contributed by atoms with E-state index in [4.69, 9.17) is 9.84 Å². The molecule has 0 aliphatic rings. The van der Waals surface area contributed by atoms with E-state index in [1.54, 1.807) is 0 Å². The highest BCUT2D eigenvalue weighted by atomic mass is 16.5. The Morgan fingerprint density at radius 2 is 1.46 bits per heavy atom. The summed E-state index contributed by atoms with van der Waals surface area (Å²) in [6.45, 7) is 2.50. The Balaban J connectivity index is 3.83. The number of aliphatic hydroxyl groups is 2. The first-order valence-electron chi connectivity index (χ1n) is 10.6. The first-order valence-corrected chi connectivity index (χ1v) is 10.6. The highest BCUT2D eigenvalue weighted by Gasteiger charge is 2.19. The van der Waals surface area contributed by atoms with Gasteiger partial charge in [-0.25, -0.2) is 0 Å². The summed E-state index contributed by atoms with van der Waals surface area (Å²) < 4.78 is 10.3. The molecule has 5 heteroatoms. The third-order valence-corrected chi connectivity index (χ3v) is 4.80. The summed E-state index contributed by atoms with van der Waals surface area (Å²) >= 11 is 0. The number of hydrogen-bond acceptors (Lipinski definition) is 5. The number of rotatable bonds is 19. The van der Waals surface area contributed by atoms with E-state index in [-0.39, 0.29) is 25.3 Å². The molecule has 0 aromatic carbocycles. The van der Waals surface area contributed by atoms with Gasteiger partial charge in [-0.2, -0.15) is 0 Å². The molecule has 26 heavy (non-hydrogen) atoms. The molecular formula is C21H42O5. The van der Waals surface area contributed by atoms with Crippen LogP contribution in [0.4, 0.5) is 0 Å². The molecule has 0 aromatic heterocycles. The number of methoxy groups -OCH3 is 1. The zero-order valence-electron chi connectivity index (χ0n) is 17.1. The van der Waals surface area contributed by atoms with Crippen molar-refractivity contribution in [3.8, 4) is 0 Å². The van der Waals surface area contributed by atoms with Gasteiger partial charge in [0.25, 0.3) is 0 Å². The van der Waals surface area contributed by atoms with Gasteiger partial charge >= 0.3 is 5.97 Å². The highest BCUT2D eigenvalue weighted by Crippen LogP contribution is 2.17. The number of unbranched alkanes of at least 4 members (excludes halogenated alkanes) is 9. The van der Waals surface area contributed by atoms with E-state index in [1.807, 2.05) is 0 Å². The minimum absolute atomic E-state index is 0.00618. The predicted molar refractivity (Wildman–Crippen MR) is 105 cm³/mol. The molecule has 0 saturated heterocycles. The van der Waals surface area contributed by atoms with Gasteiger partial charge in [0.15, 0.2) is 0 Å². The van der Waals surface area contributed by atoms with Gasteiger partial charge in [0.05, 0.1) is 32.5 Å². The van der Waals surface area contributed by atoms with Gasteiger partial charge < -0.3 is 19.7 Å². The fraction of sp³-hybridized carbons (Fsp3) is 0.952. The topological polar surface area (TPSA) is 76.0 Å². The van der Waals surface area contributed by atoms with E-state index < -0.39 is 6.10 Å². The fourth-order valence-corrected chi connectivity index (χ4v) is 3.16. The quantitative estimate of drug-likeness (QED) is 0.259. The van der Waals surface area contributed by atoms with Gasteiger partial charge in [-0.1, -0.05) is 71.1 Å². The van der Waals surface area contributed by atoms with E-state index in [1.165, 1.54) is 39.2 Å². The van der Waals surface area contributed by atoms with E-state index in [9.17, 15) is 9.90 Å². The van der Waals surface area contributed by atoms with E-state index >= 15 is 0 Å². The van der Waals surface area contributed by atoms with Gasteiger partial charge in [-0.3, -0.25) is 4.79 Å². The summed E-state index contributed by atoms with van der Waals surface area (Å²) in [5.74, 6) is -0.139. The Labute approximate surface area is 160 Å². The van der Waals surface area contributed by atoms with Crippen LogP contribution in [0, 0.1) is 0 Å². The Hall–Kier alpha value is -0.650. The number of carbonyl (C=O) groups is 1. The Kier molecular flexibility index (Phi) is 18.6. The van der Waals surface area contributed by atoms with Crippen molar-refractivity contribution in [1.29, 1.82) is 0 Å². The molecule has 2 unspecified atom stereocenters. The average molecular weight is 375 g/mol. The standard InChI is InChI=1S/C21H42O5/c1-3-4-5-6-8-11-14-19(23)20(26-18-17-22)15-12-9-7-10-13-16-21(24)25-2/h19-20,22-23H,3-18H2,1-2H3. The molecular weight excluding hydrogens is 332 g/mol. The van der Waals surface area contributed by atoms with Crippen LogP contribution in [0.1, 0.15) is 96.8 Å². The maximum absolute atomic E-state index is 11.0. The van der Waals surface area contributed by atoms with Crippen molar-refractivity contribution in [3.63, 3.8) is 0 Å². The van der Waals surface area contributed by atoms with Crippen LogP contribution in [0.3, 0.4) is 0 Å². The molecule has 0 spiro atoms. The van der Waals surface area contributed by atoms with E-state index in [2.05, 4.69) is 11.7 Å². The van der Waals surface area contributed by atoms with Gasteiger partial charge in [-0.05, 0) is 19.3 Å². The minimum Gasteiger partial charge on any atom is -0.469 e. The molecule has 156 valence electrons. The summed E-state index contributed by atoms with van der Waals surface area (Å²) in [6, 6.07) is 0. The molecule has 0 aliphatic heterocycles. The van der Waals surface area contributed by atoms with Crippen LogP contribution in [0.15, 0.2) is 0 Å². The van der Waals surface area contributed by atoms with Crippen LogP contribution < -0.4 is 0 Å². The summed E-state index contributed by atoms with van der Waals surface area (Å²) in [6.07, 6.45) is 13.8. The third-order valence-electron chi connectivity index (χ3n) is 4.80. The molecule has 2 atom stereocenters. The third kappa shape index (κ3) is 15.6. The monoisotopic (exact) mass is 374 g/mol. The molecule has 0 aromatic rings. The van der Waals surface area contributed by atoms with Crippen molar-refractivity contribution in [2.24, 2.45) is 0 Å². The second-order valence-electron chi connectivity index (χ2n) is 7.14. The predicted octanol–water partition coefficient (Wildman–Crippen LogP) is 4.38. The SMILES string of the molecule is CCCCCCCCC(O)C(CCCCCCCC(=O)OC)OCCO. The molecule has 2 N–H and O–H groups in total. The normalized spacial score (nSPS) is 13.5. The zero-order valence-corrected chi connectivity index (χ0v) is 17.1. The Morgan fingerprint density at radius 1 is 0.885 bits per heavy atom. The van der Waals surface area contributed by atoms with Crippen LogP contribution in [-0.4, -0.2) is 48.7 Å². The summed E-state index contributed by atoms with van der Waals surface area (Å²) in [5.41, 5.74) is 0. The van der Waals surface area contributed by atoms with Gasteiger partial charge in [-0.15, -0.1) is 0 Å². The lowest BCUT2D eigenvalue weighted by atomic mass is 9.99. The molecule has 0 amide bonds. The molecule has 0 fully saturated rings. The van der Waals surface area contributed by atoms with Crippen LogP contribution in [-0.2, 0) is 14.3 Å². The molecule has 0 radical (unpaired) electrons. The number of esters is 1. The molecule has 0 aliphatic carbocycles. The van der Waals surface area contributed by atoms with Crippen molar-refractivity contribution < 1.29 is 24.5 Å². The highest BCUT2D eigenvalue weighted by molar-refractivity contribution is 5.68. The summed E-state index contributed by atoms with van der Waals surface area (Å²) in [7, 11) is 1.42. The van der Waals surface area contributed by atoms with Gasteiger partial charge in [0.1, 0.15) is 0 Å². The largest absolute Gasteiger partial charge is 0.469 e. The minimum atomic E-state index is -0.438. The van der Waals surface area contributed by atoms with Gasteiger partial charge in [0.2, 0.25) is 0 Å². The summed E-state index contributed by atoms with van der Waals surface area (Å²) in [4.78, 5) is 11.0. The second-order valence-corrected chi connectivity index (χ2v) is 7.14. The lowest BCUT2D eigenvalue weighted by Crippen LogP contribution is -2.30. The lowest BCUT2D eigenvalue weighted by molar-refractivity contribution is -0.140. The molecule has 0 saturated carbocycles. The van der Waals surface area contributed by atoms with Crippen LogP contribution >= 0.6 is 0 Å². The fourth-order valence-electron chi connectivity index (χ4n) is 3.16. The van der Waals surface area contributed by atoms with Crippen LogP contribution in [0.25, 0.3) is 0 Å². The van der Waals surface area contributed by atoms with Crippen LogP contribution in [0.5, 0.6) is 0 Å². The van der Waals surface area contributed by atoms with Crippen molar-refractivity contribution in [1.82, 2.24) is 0 Å². The van der Waals surface area contributed by atoms with Crippen molar-refractivity contribution in [2.75, 3.05) is 20.3 Å². The maximum atomic E-state index is 11.0. The van der Waals surface area contributed by atoms with Crippen LogP contribution in [0.2, 0.25) is 0 Å². The first kappa shape index (κ1) is 25.4. The molecule has 0 heterocycles. The van der Waals surface area contributed by atoms with E-state index in [0.717, 1.165) is 51.4 Å². The van der Waals surface area contributed by atoms with Gasteiger partial charge in [0, 0.05) is 6.42 Å². The average Bonchev–Trinajstić information content (AvgIpc) is 2.65. The van der Waals surface area contributed by atoms with Crippen molar-refractivity contribution >= 4 is 5.97 Å². The Morgan fingerprint density at radius 3 is 2.08 bits per heavy atom. The van der Waals surface area contributed by atoms with E-state index in [0.29, 0.717) is 6.42 Å². The number of carbonyl (C=O) groups excluding carboxylic acids is 1. The summed E-state index contributed by atoms with van der Waals surface area (Å²) in [5, 5.41) is 19.4. The van der Waals surface area contributed by atoms with Crippen molar-refractivity contribution in [2.45, 2.75) is 109 Å². The Bertz CT molecular complexity index is 309. The molecule has 0 bridgehead atoms. The molecule has 0 rings (SSSR count).